The fourth-order valence-corrected chi connectivity index (χ4v) is 3.27. The Labute approximate surface area is 71.3 Å². The van der Waals surface area contributed by atoms with E-state index >= 15 is 0 Å². The van der Waals surface area contributed by atoms with Gasteiger partial charge in [-0.05, 0) is 24.7 Å². The van der Waals surface area contributed by atoms with E-state index in [1.807, 2.05) is 0 Å². The average molecular weight is 170 g/mol. The fraction of sp³-hybridized carbons (Fsp3) is 1.00. The molecule has 0 radical (unpaired) electrons. The molecule has 3 fully saturated rings. The van der Waals surface area contributed by atoms with Crippen LogP contribution in [0.2, 0.25) is 0 Å². The average Bonchev–Trinajstić information content (AvgIpc) is 2.31. The second-order valence-corrected chi connectivity index (χ2v) is 4.43. The van der Waals surface area contributed by atoms with Gasteiger partial charge in [-0.1, -0.05) is 0 Å². The summed E-state index contributed by atoms with van der Waals surface area (Å²) in [5.41, 5.74) is 0. The summed E-state index contributed by atoms with van der Waals surface area (Å²) in [6.45, 7) is 0. The predicted octanol–water partition coefficient (Wildman–Crippen LogP) is 0.111. The second-order valence-electron chi connectivity index (χ2n) is 4.43. The lowest BCUT2D eigenvalue weighted by Crippen LogP contribution is -2.35. The molecule has 3 bridgehead atoms. The minimum Gasteiger partial charge on any atom is -0.393 e. The summed E-state index contributed by atoms with van der Waals surface area (Å²) in [5, 5.41) is 19.3. The Kier molecular flexibility index (Phi) is 1.35. The first-order valence-electron chi connectivity index (χ1n) is 4.77. The van der Waals surface area contributed by atoms with E-state index in [9.17, 15) is 10.2 Å². The van der Waals surface area contributed by atoms with E-state index in [1.54, 1.807) is 0 Å². The second kappa shape index (κ2) is 2.22. The van der Waals surface area contributed by atoms with E-state index in [0.717, 1.165) is 19.3 Å². The summed E-state index contributed by atoms with van der Waals surface area (Å²) in [4.78, 5) is 0. The normalized spacial score (nSPS) is 62.5. The van der Waals surface area contributed by atoms with Crippen LogP contribution in [0.15, 0.2) is 0 Å². The molecule has 2 saturated carbocycles. The van der Waals surface area contributed by atoms with Gasteiger partial charge >= 0.3 is 0 Å². The zero-order valence-electron chi connectivity index (χ0n) is 6.89. The lowest BCUT2D eigenvalue weighted by molar-refractivity contribution is -0.191. The van der Waals surface area contributed by atoms with Gasteiger partial charge in [0.05, 0.1) is 12.2 Å². The minimum absolute atomic E-state index is 0.130. The largest absolute Gasteiger partial charge is 0.393 e. The molecule has 1 saturated heterocycles. The van der Waals surface area contributed by atoms with Crippen molar-refractivity contribution in [2.45, 2.75) is 37.8 Å². The topological polar surface area (TPSA) is 49.7 Å². The molecule has 0 aromatic heterocycles. The number of hydrogen-bond donors (Lipinski definition) is 2. The summed E-state index contributed by atoms with van der Waals surface area (Å²) in [6, 6.07) is 0. The van der Waals surface area contributed by atoms with Gasteiger partial charge in [0, 0.05) is 12.3 Å². The van der Waals surface area contributed by atoms with Gasteiger partial charge in [-0.15, -0.1) is 0 Å². The molecule has 0 aromatic carbocycles. The molecule has 3 rings (SSSR count). The Balaban J connectivity index is 1.97. The third-order valence-corrected chi connectivity index (χ3v) is 3.87. The lowest BCUT2D eigenvalue weighted by Gasteiger charge is -2.31. The van der Waals surface area contributed by atoms with E-state index in [0.29, 0.717) is 11.8 Å². The molecule has 6 atom stereocenters. The number of rotatable bonds is 0. The van der Waals surface area contributed by atoms with Gasteiger partial charge in [0.2, 0.25) is 0 Å². The van der Waals surface area contributed by atoms with E-state index < -0.39 is 6.29 Å². The summed E-state index contributed by atoms with van der Waals surface area (Å²) < 4.78 is 5.43. The van der Waals surface area contributed by atoms with E-state index in [1.165, 1.54) is 0 Å². The highest BCUT2D eigenvalue weighted by atomic mass is 16.6. The van der Waals surface area contributed by atoms with Crippen molar-refractivity contribution in [2.75, 3.05) is 0 Å². The third kappa shape index (κ3) is 0.767. The molecule has 12 heavy (non-hydrogen) atoms. The lowest BCUT2D eigenvalue weighted by atomic mass is 9.84. The Morgan fingerprint density at radius 2 is 1.75 bits per heavy atom. The maximum atomic E-state index is 9.70. The molecular weight excluding hydrogens is 156 g/mol. The van der Waals surface area contributed by atoms with Crippen LogP contribution >= 0.6 is 0 Å². The smallest absolute Gasteiger partial charge is 0.158 e. The van der Waals surface area contributed by atoms with Crippen molar-refractivity contribution in [1.29, 1.82) is 0 Å². The van der Waals surface area contributed by atoms with Crippen molar-refractivity contribution in [2.24, 2.45) is 17.8 Å². The standard InChI is InChI=1S/C9H14O3/c10-7-3-8-4-1-5(7)6(2-4)9(11)12-8/h4-11H,1-3H2. The van der Waals surface area contributed by atoms with Crippen LogP contribution in [0.3, 0.4) is 0 Å². The van der Waals surface area contributed by atoms with Crippen molar-refractivity contribution in [3.8, 4) is 0 Å². The molecule has 0 amide bonds. The van der Waals surface area contributed by atoms with E-state index in [-0.39, 0.29) is 18.1 Å². The molecule has 3 aliphatic rings. The Morgan fingerprint density at radius 1 is 1.00 bits per heavy atom. The van der Waals surface area contributed by atoms with E-state index in [4.69, 9.17) is 4.74 Å². The molecule has 6 unspecified atom stereocenters. The first-order valence-corrected chi connectivity index (χ1v) is 4.77. The van der Waals surface area contributed by atoms with E-state index in [2.05, 4.69) is 0 Å². The van der Waals surface area contributed by atoms with Crippen molar-refractivity contribution in [1.82, 2.24) is 0 Å². The summed E-state index contributed by atoms with van der Waals surface area (Å²) in [5.74, 6) is 1.14. The van der Waals surface area contributed by atoms with Gasteiger partial charge in [0.15, 0.2) is 6.29 Å². The number of aliphatic hydroxyl groups excluding tert-OH is 2. The van der Waals surface area contributed by atoms with Crippen molar-refractivity contribution in [3.05, 3.63) is 0 Å². The first kappa shape index (κ1) is 7.30. The summed E-state index contributed by atoms with van der Waals surface area (Å²) in [7, 11) is 0. The number of fused-ring (bicyclic) bond motifs is 3. The van der Waals surface area contributed by atoms with Gasteiger partial charge in [0.25, 0.3) is 0 Å². The minimum atomic E-state index is -0.601. The molecular formula is C9H14O3. The van der Waals surface area contributed by atoms with Gasteiger partial charge in [-0.2, -0.15) is 0 Å². The summed E-state index contributed by atoms with van der Waals surface area (Å²) >= 11 is 0. The van der Waals surface area contributed by atoms with Crippen molar-refractivity contribution in [3.63, 3.8) is 0 Å². The molecule has 0 aromatic rings. The van der Waals surface area contributed by atoms with Crippen LogP contribution in [0.1, 0.15) is 19.3 Å². The molecule has 3 heteroatoms. The number of ether oxygens (including phenoxy) is 1. The van der Waals surface area contributed by atoms with Gasteiger partial charge in [0.1, 0.15) is 0 Å². The maximum absolute atomic E-state index is 9.70. The van der Waals surface area contributed by atoms with Crippen LogP contribution in [0.5, 0.6) is 0 Å². The molecule has 2 aliphatic carbocycles. The van der Waals surface area contributed by atoms with Gasteiger partial charge in [-0.25, -0.2) is 0 Å². The number of hydrogen-bond acceptors (Lipinski definition) is 3. The van der Waals surface area contributed by atoms with Crippen molar-refractivity contribution >= 4 is 0 Å². The predicted molar refractivity (Wildman–Crippen MR) is 41.2 cm³/mol. The fourth-order valence-electron chi connectivity index (χ4n) is 3.27. The van der Waals surface area contributed by atoms with Crippen molar-refractivity contribution < 1.29 is 14.9 Å². The highest BCUT2D eigenvalue weighted by Gasteiger charge is 2.54. The third-order valence-electron chi connectivity index (χ3n) is 3.87. The first-order chi connectivity index (χ1) is 5.75. The van der Waals surface area contributed by atoms with Crippen LogP contribution in [-0.2, 0) is 4.74 Å². The van der Waals surface area contributed by atoms with Crippen LogP contribution in [-0.4, -0.2) is 28.7 Å². The highest BCUT2D eigenvalue weighted by molar-refractivity contribution is 5.01. The van der Waals surface area contributed by atoms with Crippen LogP contribution in [0.25, 0.3) is 0 Å². The zero-order chi connectivity index (χ0) is 8.29. The van der Waals surface area contributed by atoms with Crippen LogP contribution in [0.4, 0.5) is 0 Å². The molecule has 1 aliphatic heterocycles. The summed E-state index contributed by atoms with van der Waals surface area (Å²) in [6.07, 6.45) is 2.17. The van der Waals surface area contributed by atoms with Crippen LogP contribution in [0, 0.1) is 17.8 Å². The molecule has 0 spiro atoms. The maximum Gasteiger partial charge on any atom is 0.158 e. The zero-order valence-corrected chi connectivity index (χ0v) is 6.89. The molecule has 3 nitrogen and oxygen atoms in total. The van der Waals surface area contributed by atoms with Gasteiger partial charge in [-0.3, -0.25) is 0 Å². The SMILES string of the molecule is OC1CC2OC(O)C3CC2CC13. The molecule has 2 N–H and O–H groups in total. The highest BCUT2D eigenvalue weighted by Crippen LogP contribution is 2.52. The quantitative estimate of drug-likeness (QED) is 0.542. The van der Waals surface area contributed by atoms with Crippen LogP contribution < -0.4 is 0 Å². The Hall–Kier alpha value is -0.120. The monoisotopic (exact) mass is 170 g/mol. The Morgan fingerprint density at radius 3 is 2.58 bits per heavy atom. The molecule has 1 heterocycles. The van der Waals surface area contributed by atoms with Gasteiger partial charge < -0.3 is 14.9 Å². The number of aliphatic hydroxyl groups is 2. The molecule has 68 valence electrons. The Bertz CT molecular complexity index is 186.